The highest BCUT2D eigenvalue weighted by molar-refractivity contribution is 5.88. The molecule has 0 aliphatic heterocycles. The first kappa shape index (κ1) is 17.1. The lowest BCUT2D eigenvalue weighted by Crippen LogP contribution is -2.48. The smallest absolute Gasteiger partial charge is 0.242 e. The van der Waals surface area contributed by atoms with Crippen LogP contribution < -0.4 is 10.6 Å². The van der Waals surface area contributed by atoms with E-state index < -0.39 is 6.04 Å². The van der Waals surface area contributed by atoms with Crippen LogP contribution in [0.25, 0.3) is 0 Å². The molecular weight excluding hydrogens is 266 g/mol. The number of hydrogen-bond acceptors (Lipinski definition) is 3. The molecule has 1 heterocycles. The molecule has 0 bridgehead atoms. The third-order valence-electron chi connectivity index (χ3n) is 3.05. The molecule has 0 aliphatic rings. The summed E-state index contributed by atoms with van der Waals surface area (Å²) in [7, 11) is 0. The molecule has 2 amide bonds. The predicted octanol–water partition coefficient (Wildman–Crippen LogP) is 1.88. The minimum atomic E-state index is -0.489. The summed E-state index contributed by atoms with van der Waals surface area (Å²) in [6.07, 6.45) is 4.03. The van der Waals surface area contributed by atoms with Crippen molar-refractivity contribution in [1.29, 1.82) is 0 Å². The highest BCUT2D eigenvalue weighted by Gasteiger charge is 2.22. The normalized spacial score (nSPS) is 12.3. The molecule has 1 atom stereocenters. The molecule has 0 spiro atoms. The van der Waals surface area contributed by atoms with Crippen LogP contribution in [-0.2, 0) is 16.1 Å². The Balaban J connectivity index is 2.60. The van der Waals surface area contributed by atoms with Crippen LogP contribution in [0.5, 0.6) is 0 Å². The van der Waals surface area contributed by atoms with Gasteiger partial charge in [0.05, 0.1) is 0 Å². The maximum atomic E-state index is 12.3. The highest BCUT2D eigenvalue weighted by atomic mass is 16.2. The van der Waals surface area contributed by atoms with Crippen LogP contribution in [0.3, 0.4) is 0 Å². The van der Waals surface area contributed by atoms with Gasteiger partial charge in [-0.25, -0.2) is 0 Å². The molecule has 0 radical (unpaired) electrons. The molecule has 116 valence electrons. The zero-order valence-electron chi connectivity index (χ0n) is 13.2. The quantitative estimate of drug-likeness (QED) is 0.806. The van der Waals surface area contributed by atoms with Crippen molar-refractivity contribution in [3.05, 3.63) is 30.1 Å². The number of carbonyl (C=O) groups is 2. The van der Waals surface area contributed by atoms with Gasteiger partial charge in [-0.05, 0) is 24.0 Å². The second kappa shape index (κ2) is 8.39. The molecule has 0 unspecified atom stereocenters. The number of carbonyl (C=O) groups excluding carboxylic acids is 2. The van der Waals surface area contributed by atoms with Gasteiger partial charge < -0.3 is 10.6 Å². The van der Waals surface area contributed by atoms with Gasteiger partial charge >= 0.3 is 0 Å². The summed E-state index contributed by atoms with van der Waals surface area (Å²) in [5, 5.41) is 5.67. The molecule has 0 fully saturated rings. The molecule has 21 heavy (non-hydrogen) atoms. The van der Waals surface area contributed by atoms with Crippen LogP contribution in [0.4, 0.5) is 0 Å². The Bertz CT molecular complexity index is 458. The molecule has 5 heteroatoms. The van der Waals surface area contributed by atoms with Gasteiger partial charge in [-0.15, -0.1) is 0 Å². The maximum absolute atomic E-state index is 12.3. The number of pyridine rings is 1. The topological polar surface area (TPSA) is 71.1 Å². The summed E-state index contributed by atoms with van der Waals surface area (Å²) in [5.41, 5.74) is 0.935. The second-order valence-electron chi connectivity index (χ2n) is 5.92. The number of aromatic nitrogens is 1. The van der Waals surface area contributed by atoms with Gasteiger partial charge in [0.15, 0.2) is 0 Å². The lowest BCUT2D eigenvalue weighted by Gasteiger charge is -2.21. The van der Waals surface area contributed by atoms with E-state index in [1.807, 2.05) is 39.8 Å². The molecule has 0 saturated carbocycles. The fraction of sp³-hybridized carbons (Fsp3) is 0.562. The third kappa shape index (κ3) is 6.38. The van der Waals surface area contributed by atoms with Crippen molar-refractivity contribution in [2.45, 2.75) is 46.7 Å². The summed E-state index contributed by atoms with van der Waals surface area (Å²) in [5.74, 6) is -0.0591. The fourth-order valence-electron chi connectivity index (χ4n) is 1.86. The van der Waals surface area contributed by atoms with Crippen molar-refractivity contribution in [3.8, 4) is 0 Å². The number of nitrogens with zero attached hydrogens (tertiary/aromatic N) is 1. The SMILES string of the molecule is CC(C)C[C@@H](NC(=O)C(C)C)C(=O)NCc1cccnc1. The van der Waals surface area contributed by atoms with Gasteiger partial charge in [0.1, 0.15) is 6.04 Å². The highest BCUT2D eigenvalue weighted by Crippen LogP contribution is 2.07. The molecule has 0 aromatic carbocycles. The fourth-order valence-corrected chi connectivity index (χ4v) is 1.86. The Morgan fingerprint density at radius 2 is 1.90 bits per heavy atom. The van der Waals surface area contributed by atoms with Crippen molar-refractivity contribution < 1.29 is 9.59 Å². The average Bonchev–Trinajstić information content (AvgIpc) is 2.44. The van der Waals surface area contributed by atoms with E-state index in [1.54, 1.807) is 12.4 Å². The Labute approximate surface area is 126 Å². The molecule has 5 nitrogen and oxygen atoms in total. The van der Waals surface area contributed by atoms with Crippen LogP contribution in [-0.4, -0.2) is 22.8 Å². The van der Waals surface area contributed by atoms with E-state index in [4.69, 9.17) is 0 Å². The minimum Gasteiger partial charge on any atom is -0.350 e. The van der Waals surface area contributed by atoms with Gasteiger partial charge in [-0.1, -0.05) is 33.8 Å². The summed E-state index contributed by atoms with van der Waals surface area (Å²) >= 11 is 0. The Morgan fingerprint density at radius 1 is 1.19 bits per heavy atom. The number of amides is 2. The van der Waals surface area contributed by atoms with E-state index in [9.17, 15) is 9.59 Å². The Morgan fingerprint density at radius 3 is 2.43 bits per heavy atom. The molecular formula is C16H25N3O2. The van der Waals surface area contributed by atoms with Gasteiger partial charge in [0.25, 0.3) is 0 Å². The number of rotatable bonds is 7. The van der Waals surface area contributed by atoms with Gasteiger partial charge in [-0.2, -0.15) is 0 Å². The molecule has 1 aromatic rings. The Hall–Kier alpha value is -1.91. The van der Waals surface area contributed by atoms with Crippen molar-refractivity contribution in [2.75, 3.05) is 0 Å². The maximum Gasteiger partial charge on any atom is 0.242 e. The van der Waals surface area contributed by atoms with E-state index >= 15 is 0 Å². The van der Waals surface area contributed by atoms with Gasteiger partial charge in [-0.3, -0.25) is 14.6 Å². The largest absolute Gasteiger partial charge is 0.350 e. The zero-order valence-corrected chi connectivity index (χ0v) is 13.2. The van der Waals surface area contributed by atoms with E-state index in [0.717, 1.165) is 5.56 Å². The van der Waals surface area contributed by atoms with Crippen molar-refractivity contribution in [3.63, 3.8) is 0 Å². The standard InChI is InChI=1S/C16H25N3O2/c1-11(2)8-14(19-15(20)12(3)4)16(21)18-10-13-6-5-7-17-9-13/h5-7,9,11-12,14H,8,10H2,1-4H3,(H,18,21)(H,19,20)/t14-/m1/s1. The second-order valence-corrected chi connectivity index (χ2v) is 5.92. The zero-order chi connectivity index (χ0) is 15.8. The van der Waals surface area contributed by atoms with Crippen LogP contribution in [0, 0.1) is 11.8 Å². The van der Waals surface area contributed by atoms with E-state index in [0.29, 0.717) is 18.9 Å². The molecule has 1 aromatic heterocycles. The first-order valence-electron chi connectivity index (χ1n) is 7.37. The van der Waals surface area contributed by atoms with Gasteiger partial charge in [0, 0.05) is 24.9 Å². The van der Waals surface area contributed by atoms with Crippen molar-refractivity contribution >= 4 is 11.8 Å². The van der Waals surface area contributed by atoms with E-state index in [2.05, 4.69) is 15.6 Å². The van der Waals surface area contributed by atoms with Crippen LogP contribution in [0.15, 0.2) is 24.5 Å². The van der Waals surface area contributed by atoms with Crippen molar-refractivity contribution in [1.82, 2.24) is 15.6 Å². The van der Waals surface area contributed by atoms with Crippen LogP contribution >= 0.6 is 0 Å². The van der Waals surface area contributed by atoms with Crippen LogP contribution in [0.1, 0.15) is 39.7 Å². The third-order valence-corrected chi connectivity index (χ3v) is 3.05. The number of hydrogen-bond donors (Lipinski definition) is 2. The molecule has 0 aliphatic carbocycles. The molecule has 2 N–H and O–H groups in total. The monoisotopic (exact) mass is 291 g/mol. The lowest BCUT2D eigenvalue weighted by atomic mass is 10.0. The average molecular weight is 291 g/mol. The molecule has 0 saturated heterocycles. The van der Waals surface area contributed by atoms with E-state index in [1.165, 1.54) is 0 Å². The summed E-state index contributed by atoms with van der Waals surface area (Å²) in [4.78, 5) is 28.1. The summed E-state index contributed by atoms with van der Waals surface area (Å²) in [6, 6.07) is 3.24. The molecule has 1 rings (SSSR count). The van der Waals surface area contributed by atoms with Gasteiger partial charge in [0.2, 0.25) is 11.8 Å². The van der Waals surface area contributed by atoms with E-state index in [-0.39, 0.29) is 17.7 Å². The first-order valence-corrected chi connectivity index (χ1v) is 7.37. The summed E-state index contributed by atoms with van der Waals surface area (Å²) < 4.78 is 0. The predicted molar refractivity (Wildman–Crippen MR) is 82.3 cm³/mol. The Kier molecular flexibility index (Phi) is 6.85. The first-order chi connectivity index (χ1) is 9.90. The number of nitrogens with one attached hydrogen (secondary N) is 2. The lowest BCUT2D eigenvalue weighted by molar-refractivity contribution is -0.131. The summed E-state index contributed by atoms with van der Waals surface area (Å²) in [6.45, 7) is 8.11. The van der Waals surface area contributed by atoms with Crippen molar-refractivity contribution in [2.24, 2.45) is 11.8 Å². The minimum absolute atomic E-state index is 0.0998. The van der Waals surface area contributed by atoms with Crippen LogP contribution in [0.2, 0.25) is 0 Å².